The maximum Gasteiger partial charge on any atom is 0.320 e. The van der Waals surface area contributed by atoms with Gasteiger partial charge in [-0.1, -0.05) is 28.8 Å². The van der Waals surface area contributed by atoms with Crippen LogP contribution in [0.4, 0.5) is 19.4 Å². The third kappa shape index (κ3) is 6.68. The number of para-hydroxylation sites is 1. The number of carbonyl (C=O) groups is 1. The van der Waals surface area contributed by atoms with Gasteiger partial charge in [-0.05, 0) is 61.4 Å². The van der Waals surface area contributed by atoms with Gasteiger partial charge < -0.3 is 15.0 Å². The predicted molar refractivity (Wildman–Crippen MR) is 169 cm³/mol. The Morgan fingerprint density at radius 1 is 1.17 bits per heavy atom. The summed E-state index contributed by atoms with van der Waals surface area (Å²) in [6.07, 6.45) is -0.422. The van der Waals surface area contributed by atoms with E-state index < -0.39 is 36.0 Å². The lowest BCUT2D eigenvalue weighted by Gasteiger charge is -2.20. The third-order valence-electron chi connectivity index (χ3n) is 7.77. The average molecular weight is 664 g/mol. The van der Waals surface area contributed by atoms with Gasteiger partial charge >= 0.3 is 6.03 Å². The summed E-state index contributed by atoms with van der Waals surface area (Å²) in [4.78, 5) is 32.5. The molecule has 4 N–H and O–H groups in total. The molecule has 6 rings (SSSR count). The van der Waals surface area contributed by atoms with Crippen LogP contribution in [-0.2, 0) is 18.4 Å². The minimum Gasteiger partial charge on any atom is -0.374 e. The van der Waals surface area contributed by atoms with Crippen molar-refractivity contribution >= 4 is 23.4 Å². The number of benzene rings is 2. The van der Waals surface area contributed by atoms with E-state index in [9.17, 15) is 23.5 Å². The number of rotatable bonds is 9. The summed E-state index contributed by atoms with van der Waals surface area (Å²) in [5, 5.41) is 31.1. The van der Waals surface area contributed by atoms with Crippen LogP contribution in [0.2, 0.25) is 0 Å². The van der Waals surface area contributed by atoms with E-state index in [0.29, 0.717) is 39.6 Å². The molecule has 0 aliphatic carbocycles. The molecule has 0 saturated carbocycles. The number of hydrogen-bond acceptors (Lipinski definition) is 10. The molecule has 1 unspecified atom stereocenters. The van der Waals surface area contributed by atoms with Crippen LogP contribution in [0.15, 0.2) is 71.0 Å². The van der Waals surface area contributed by atoms with Crippen molar-refractivity contribution in [2.24, 2.45) is 7.05 Å². The summed E-state index contributed by atoms with van der Waals surface area (Å²) in [6, 6.07) is 12.9. The number of hydroxylamine groups is 2. The Labute approximate surface area is 271 Å². The predicted octanol–water partition coefficient (Wildman–Crippen LogP) is 3.57. The Morgan fingerprint density at radius 2 is 1.96 bits per heavy atom. The first-order valence-electron chi connectivity index (χ1n) is 14.5. The fourth-order valence-corrected chi connectivity index (χ4v) is 5.88. The SMILES string of the molecule is CNC(O)c1cc(-c2nn(-c3ccccc3)c(NC(=O)N[C@@H]3CN(Cc4csnn4)O[C@H]3c3ccc(F)c(F)c3)c2C)cn(C)c1=O. The number of aryl methyl sites for hydroxylation is 1. The maximum atomic E-state index is 14.2. The molecule has 0 bridgehead atoms. The number of nitrogens with one attached hydrogen (secondary N) is 3. The smallest absolute Gasteiger partial charge is 0.320 e. The molecule has 1 saturated heterocycles. The largest absolute Gasteiger partial charge is 0.374 e. The number of aromatic nitrogens is 5. The standard InChI is InChI=1S/C31H31F2N9O4S/c1-17-26(19-11-22(29(43)34-2)30(44)40(3)13-19)38-42(21-7-5-4-6-8-21)28(17)36-31(45)35-25-15-41(14-20-16-47-39-37-20)46-27(25)18-9-10-23(32)24(33)12-18/h4-13,16,25,27,29,34,43H,14-15H2,1-3H3,(H2,35,36,45)/t25-,27+,29?/m1/s1. The molecule has 16 heteroatoms. The summed E-state index contributed by atoms with van der Waals surface area (Å²) in [5.74, 6) is -1.68. The van der Waals surface area contributed by atoms with Gasteiger partial charge in [0.15, 0.2) is 11.6 Å². The number of urea groups is 1. The highest BCUT2D eigenvalue weighted by Gasteiger charge is 2.37. The van der Waals surface area contributed by atoms with E-state index in [1.165, 1.54) is 29.2 Å². The van der Waals surface area contributed by atoms with Gasteiger partial charge in [0.2, 0.25) is 0 Å². The highest BCUT2D eigenvalue weighted by atomic mass is 32.1. The molecule has 0 spiro atoms. The van der Waals surface area contributed by atoms with Crippen molar-refractivity contribution < 1.29 is 23.5 Å². The van der Waals surface area contributed by atoms with E-state index >= 15 is 0 Å². The highest BCUT2D eigenvalue weighted by molar-refractivity contribution is 7.03. The van der Waals surface area contributed by atoms with Gasteiger partial charge in [0, 0.05) is 36.3 Å². The zero-order chi connectivity index (χ0) is 33.2. The highest BCUT2D eigenvalue weighted by Crippen LogP contribution is 2.33. The van der Waals surface area contributed by atoms with Crippen molar-refractivity contribution in [2.75, 3.05) is 18.9 Å². The minimum absolute atomic E-state index is 0.135. The lowest BCUT2D eigenvalue weighted by molar-refractivity contribution is -0.155. The summed E-state index contributed by atoms with van der Waals surface area (Å²) in [5.41, 5.74) is 3.02. The second-order valence-electron chi connectivity index (χ2n) is 11.0. The molecule has 1 aliphatic rings. The number of amides is 2. The number of aliphatic hydroxyl groups is 1. The van der Waals surface area contributed by atoms with Crippen LogP contribution >= 0.6 is 11.5 Å². The van der Waals surface area contributed by atoms with Gasteiger partial charge in [-0.2, -0.15) is 10.2 Å². The lowest BCUT2D eigenvalue weighted by Crippen LogP contribution is -2.42. The molecule has 1 fully saturated rings. The van der Waals surface area contributed by atoms with Gasteiger partial charge in [0.25, 0.3) is 5.56 Å². The molecule has 3 aromatic heterocycles. The topological polar surface area (TPSA) is 151 Å². The van der Waals surface area contributed by atoms with Crippen LogP contribution in [0.25, 0.3) is 16.9 Å². The van der Waals surface area contributed by atoms with E-state index in [1.54, 1.807) is 41.4 Å². The molecule has 2 aromatic carbocycles. The van der Waals surface area contributed by atoms with E-state index in [4.69, 9.17) is 9.94 Å². The Kier molecular flexibility index (Phi) is 9.19. The summed E-state index contributed by atoms with van der Waals surface area (Å²) in [7, 11) is 3.12. The number of anilines is 1. The minimum atomic E-state index is -1.20. The van der Waals surface area contributed by atoms with Crippen molar-refractivity contribution in [3.05, 3.63) is 111 Å². The summed E-state index contributed by atoms with van der Waals surface area (Å²) < 4.78 is 34.8. The Bertz CT molecular complexity index is 1950. The van der Waals surface area contributed by atoms with Crippen LogP contribution in [0, 0.1) is 18.6 Å². The molecule has 4 heterocycles. The molecule has 2 amide bonds. The molecule has 244 valence electrons. The van der Waals surface area contributed by atoms with Crippen LogP contribution in [0.1, 0.15) is 34.7 Å². The molecule has 3 atom stereocenters. The molecular weight excluding hydrogens is 632 g/mol. The van der Waals surface area contributed by atoms with Gasteiger partial charge in [-0.25, -0.2) is 18.3 Å². The van der Waals surface area contributed by atoms with Gasteiger partial charge in [-0.15, -0.1) is 5.10 Å². The summed E-state index contributed by atoms with van der Waals surface area (Å²) >= 11 is 1.19. The Morgan fingerprint density at radius 3 is 2.66 bits per heavy atom. The molecule has 5 aromatic rings. The lowest BCUT2D eigenvalue weighted by atomic mass is 10.0. The first-order chi connectivity index (χ1) is 22.6. The Hall–Kier alpha value is -4.87. The van der Waals surface area contributed by atoms with Crippen molar-refractivity contribution in [3.63, 3.8) is 0 Å². The average Bonchev–Trinajstić information content (AvgIpc) is 3.80. The number of nitrogens with zero attached hydrogens (tertiary/aromatic N) is 6. The normalized spacial score (nSPS) is 17.1. The van der Waals surface area contributed by atoms with E-state index in [2.05, 4.69) is 25.5 Å². The molecule has 0 radical (unpaired) electrons. The summed E-state index contributed by atoms with van der Waals surface area (Å²) in [6.45, 7) is 2.26. The number of hydrogen-bond donors (Lipinski definition) is 4. The Balaban J connectivity index is 1.32. The van der Waals surface area contributed by atoms with E-state index in [1.807, 2.05) is 30.3 Å². The van der Waals surface area contributed by atoms with Crippen molar-refractivity contribution in [2.45, 2.75) is 31.8 Å². The van der Waals surface area contributed by atoms with Crippen LogP contribution < -0.4 is 21.5 Å². The van der Waals surface area contributed by atoms with Gasteiger partial charge in [0.1, 0.15) is 18.1 Å². The van der Waals surface area contributed by atoms with Crippen molar-refractivity contribution in [3.8, 4) is 16.9 Å². The van der Waals surface area contributed by atoms with Gasteiger partial charge in [-0.3, -0.25) is 20.3 Å². The maximum absolute atomic E-state index is 14.2. The zero-order valence-electron chi connectivity index (χ0n) is 25.5. The molecular formula is C31H31F2N9O4S. The van der Waals surface area contributed by atoms with Crippen molar-refractivity contribution in [1.82, 2.24) is 39.6 Å². The molecule has 13 nitrogen and oxygen atoms in total. The van der Waals surface area contributed by atoms with E-state index in [-0.39, 0.29) is 24.2 Å². The monoisotopic (exact) mass is 663 g/mol. The molecule has 1 aliphatic heterocycles. The van der Waals surface area contributed by atoms with Crippen molar-refractivity contribution in [1.29, 1.82) is 0 Å². The molecule has 47 heavy (non-hydrogen) atoms. The second-order valence-corrected chi connectivity index (χ2v) is 11.6. The fraction of sp³-hybridized carbons (Fsp3) is 0.258. The number of carbonyl (C=O) groups excluding carboxylic acids is 1. The number of pyridine rings is 1. The number of aliphatic hydroxyl groups excluding tert-OH is 1. The van der Waals surface area contributed by atoms with Crippen LogP contribution in [-0.4, -0.2) is 59.8 Å². The zero-order valence-corrected chi connectivity index (χ0v) is 26.3. The van der Waals surface area contributed by atoms with Crippen LogP contribution in [0.5, 0.6) is 0 Å². The van der Waals surface area contributed by atoms with E-state index in [0.717, 1.165) is 12.1 Å². The second kappa shape index (κ2) is 13.5. The fourth-order valence-electron chi connectivity index (χ4n) is 5.43. The third-order valence-corrected chi connectivity index (χ3v) is 8.32. The number of halogens is 2. The quantitative estimate of drug-likeness (QED) is 0.174. The van der Waals surface area contributed by atoms with Crippen LogP contribution in [0.3, 0.4) is 0 Å². The first-order valence-corrected chi connectivity index (χ1v) is 15.4. The van der Waals surface area contributed by atoms with Gasteiger partial charge in [0.05, 0.1) is 35.2 Å². The first kappa shape index (κ1) is 32.1.